The number of aryl methyl sites for hydroxylation is 2. The zero-order chi connectivity index (χ0) is 19.0. The van der Waals surface area contributed by atoms with Gasteiger partial charge in [-0.2, -0.15) is 0 Å². The normalized spacial score (nSPS) is 11.0. The van der Waals surface area contributed by atoms with Crippen LogP contribution in [0, 0.1) is 6.92 Å². The van der Waals surface area contributed by atoms with E-state index >= 15 is 0 Å². The van der Waals surface area contributed by atoms with E-state index in [0.29, 0.717) is 16.3 Å². The fraction of sp³-hybridized carbons (Fsp3) is 0.167. The molecule has 3 heterocycles. The van der Waals surface area contributed by atoms with Gasteiger partial charge < -0.3 is 14.5 Å². The summed E-state index contributed by atoms with van der Waals surface area (Å²) in [5, 5.41) is 5.17. The summed E-state index contributed by atoms with van der Waals surface area (Å²) in [4.78, 5) is 37.3. The van der Waals surface area contributed by atoms with E-state index in [2.05, 4.69) is 20.3 Å². The Morgan fingerprint density at radius 2 is 1.96 bits per heavy atom. The average molecular weight is 382 g/mol. The summed E-state index contributed by atoms with van der Waals surface area (Å²) >= 11 is 1.35. The third kappa shape index (κ3) is 3.36. The molecule has 0 atom stereocenters. The van der Waals surface area contributed by atoms with Gasteiger partial charge in [0.25, 0.3) is 5.56 Å². The van der Waals surface area contributed by atoms with Crippen molar-refractivity contribution in [1.82, 2.24) is 24.1 Å². The predicted octanol–water partition coefficient (Wildman–Crippen LogP) is 2.45. The van der Waals surface area contributed by atoms with Gasteiger partial charge in [-0.1, -0.05) is 29.8 Å². The van der Waals surface area contributed by atoms with Crippen molar-refractivity contribution in [3.8, 4) is 11.3 Å². The molecule has 4 rings (SSSR count). The molecule has 0 fully saturated rings. The fourth-order valence-electron chi connectivity index (χ4n) is 2.67. The number of anilines is 1. The van der Waals surface area contributed by atoms with Crippen molar-refractivity contribution < 1.29 is 6.22 Å². The van der Waals surface area contributed by atoms with Gasteiger partial charge in [0.1, 0.15) is 6.54 Å². The van der Waals surface area contributed by atoms with Crippen LogP contribution in [0.3, 0.4) is 0 Å². The van der Waals surface area contributed by atoms with Crippen molar-refractivity contribution in [2.24, 2.45) is 7.05 Å². The summed E-state index contributed by atoms with van der Waals surface area (Å²) in [6.45, 7) is 1.98. The first-order valence-corrected chi connectivity index (χ1v) is 9.08. The van der Waals surface area contributed by atoms with Crippen LogP contribution in [0.15, 0.2) is 47.1 Å². The Kier molecular flexibility index (Phi) is 4.28. The molecular formula is C18H18N6O2S. The molecule has 0 saturated carbocycles. The Bertz CT molecular complexity index is 1190. The lowest BCUT2D eigenvalue weighted by Gasteiger charge is -2.04. The summed E-state index contributed by atoms with van der Waals surface area (Å²) in [6.07, 6.45) is 2.85. The Balaban J connectivity index is 0.00000225. The van der Waals surface area contributed by atoms with Crippen molar-refractivity contribution in [3.63, 3.8) is 0 Å². The lowest BCUT2D eigenvalue weighted by Crippen LogP contribution is -2.23. The molecule has 0 saturated heterocycles. The van der Waals surface area contributed by atoms with E-state index in [4.69, 9.17) is 0 Å². The van der Waals surface area contributed by atoms with E-state index < -0.39 is 0 Å². The number of benzene rings is 1. The molecule has 138 valence electrons. The topological polar surface area (TPSA) is 94.7 Å². The van der Waals surface area contributed by atoms with E-state index in [9.17, 15) is 9.59 Å². The first kappa shape index (κ1) is 17.1. The summed E-state index contributed by atoms with van der Waals surface area (Å²) < 4.78 is 2.85. The van der Waals surface area contributed by atoms with Gasteiger partial charge in [0.05, 0.1) is 18.3 Å². The Labute approximate surface area is 159 Å². The molecule has 0 aliphatic carbocycles. The van der Waals surface area contributed by atoms with Gasteiger partial charge in [-0.25, -0.2) is 15.0 Å². The quantitative estimate of drug-likeness (QED) is 0.585. The molecule has 0 radical (unpaired) electrons. The lowest BCUT2D eigenvalue weighted by molar-refractivity contribution is -0.116. The van der Waals surface area contributed by atoms with Crippen molar-refractivity contribution in [1.29, 1.82) is 0 Å². The molecule has 1 amide bonds. The van der Waals surface area contributed by atoms with Crippen LogP contribution in [0.1, 0.15) is 6.99 Å². The molecule has 3 aromatic heterocycles. The van der Waals surface area contributed by atoms with E-state index in [-0.39, 0.29) is 19.4 Å². The number of imidazole rings is 1. The Morgan fingerprint density at radius 1 is 1.22 bits per heavy atom. The van der Waals surface area contributed by atoms with E-state index in [1.807, 2.05) is 36.6 Å². The number of rotatable bonds is 4. The minimum absolute atomic E-state index is 0. The van der Waals surface area contributed by atoms with Crippen LogP contribution >= 0.6 is 11.3 Å². The molecule has 0 unspecified atom stereocenters. The minimum Gasteiger partial charge on any atom is -0.315 e. The maximum Gasteiger partial charge on any atom is 0.279 e. The molecule has 0 spiro atoms. The number of carbonyl (C=O) groups excluding carboxylic acids is 1. The number of hydrogen-bond acceptors (Lipinski definition) is 6. The van der Waals surface area contributed by atoms with Crippen molar-refractivity contribution in [3.05, 3.63) is 58.2 Å². The molecule has 0 aliphatic rings. The highest BCUT2D eigenvalue weighted by Crippen LogP contribution is 2.25. The Morgan fingerprint density at radius 3 is 2.74 bits per heavy atom. The molecule has 1 N–H and O–H groups in total. The number of amides is 1. The van der Waals surface area contributed by atoms with E-state index in [0.717, 1.165) is 11.3 Å². The molecule has 4 aromatic rings. The zero-order valence-corrected chi connectivity index (χ0v) is 15.5. The lowest BCUT2D eigenvalue weighted by atomic mass is 10.1. The Hall–Kier alpha value is -3.33. The average Bonchev–Trinajstić information content (AvgIpc) is 3.26. The van der Waals surface area contributed by atoms with Crippen molar-refractivity contribution >= 4 is 33.5 Å². The van der Waals surface area contributed by atoms with Crippen LogP contribution in [0.5, 0.6) is 0 Å². The van der Waals surface area contributed by atoms with E-state index in [1.165, 1.54) is 38.7 Å². The van der Waals surface area contributed by atoms with Crippen molar-refractivity contribution in [2.45, 2.75) is 13.5 Å². The number of nitrogens with zero attached hydrogens (tertiary/aromatic N) is 5. The van der Waals surface area contributed by atoms with Gasteiger partial charge in [-0.3, -0.25) is 9.59 Å². The second-order valence-corrected chi connectivity index (χ2v) is 7.02. The van der Waals surface area contributed by atoms with Crippen LogP contribution < -0.4 is 10.9 Å². The first-order chi connectivity index (χ1) is 13.0. The summed E-state index contributed by atoms with van der Waals surface area (Å²) in [5.41, 5.74) is 3.35. The number of thiazole rings is 1. The SMILES string of the molecule is Cc1ccc(-c2csc(NC(=O)Cn3cnc4ncn(C)c(=O)c43)n2)cc1.[HH]. The largest absolute Gasteiger partial charge is 0.315 e. The third-order valence-electron chi connectivity index (χ3n) is 4.11. The second-order valence-electron chi connectivity index (χ2n) is 6.16. The van der Waals surface area contributed by atoms with Crippen LogP contribution in [-0.4, -0.2) is 30.0 Å². The minimum atomic E-state index is -0.287. The van der Waals surface area contributed by atoms with Gasteiger partial charge in [0.15, 0.2) is 16.3 Å². The number of nitrogens with one attached hydrogen (secondary N) is 1. The second kappa shape index (κ2) is 6.76. The fourth-order valence-corrected chi connectivity index (χ4v) is 3.40. The summed E-state index contributed by atoms with van der Waals surface area (Å²) in [6, 6.07) is 8.03. The third-order valence-corrected chi connectivity index (χ3v) is 4.86. The summed E-state index contributed by atoms with van der Waals surface area (Å²) in [7, 11) is 1.61. The first-order valence-electron chi connectivity index (χ1n) is 8.20. The molecule has 1 aromatic carbocycles. The molecule has 0 aliphatic heterocycles. The predicted molar refractivity (Wildman–Crippen MR) is 106 cm³/mol. The van der Waals surface area contributed by atoms with Crippen LogP contribution in [0.4, 0.5) is 5.13 Å². The number of fused-ring (bicyclic) bond motifs is 1. The van der Waals surface area contributed by atoms with Crippen LogP contribution in [0.2, 0.25) is 0 Å². The number of carbonyl (C=O) groups is 1. The van der Waals surface area contributed by atoms with Gasteiger partial charge in [0.2, 0.25) is 5.91 Å². The van der Waals surface area contributed by atoms with Crippen LogP contribution in [0.25, 0.3) is 22.4 Å². The van der Waals surface area contributed by atoms with Crippen LogP contribution in [-0.2, 0) is 18.4 Å². The molecular weight excluding hydrogens is 364 g/mol. The molecule has 8 nitrogen and oxygen atoms in total. The highest BCUT2D eigenvalue weighted by molar-refractivity contribution is 7.14. The molecule has 0 bridgehead atoms. The monoisotopic (exact) mass is 382 g/mol. The van der Waals surface area contributed by atoms with Gasteiger partial charge in [-0.15, -0.1) is 11.3 Å². The maximum atomic E-state index is 12.4. The standard InChI is InChI=1S/C18H16N6O2S.H2/c1-11-3-5-12(6-4-11)13-8-27-18(21-13)22-14(25)7-24-10-20-16-15(24)17(26)23(2)9-19-16;/h3-6,8-10H,7H2,1-2H3,(H,21,22,25);1H. The maximum absolute atomic E-state index is 12.4. The summed E-state index contributed by atoms with van der Waals surface area (Å²) in [5.74, 6) is -0.287. The molecule has 27 heavy (non-hydrogen) atoms. The number of aromatic nitrogens is 5. The smallest absolute Gasteiger partial charge is 0.279 e. The highest BCUT2D eigenvalue weighted by atomic mass is 32.1. The van der Waals surface area contributed by atoms with E-state index in [1.54, 1.807) is 7.05 Å². The zero-order valence-electron chi connectivity index (χ0n) is 14.7. The van der Waals surface area contributed by atoms with Crippen molar-refractivity contribution in [2.75, 3.05) is 5.32 Å². The van der Waals surface area contributed by atoms with Gasteiger partial charge >= 0.3 is 0 Å². The van der Waals surface area contributed by atoms with Gasteiger partial charge in [0, 0.05) is 19.4 Å². The van der Waals surface area contributed by atoms with Gasteiger partial charge in [-0.05, 0) is 6.92 Å². The molecule has 9 heteroatoms. The highest BCUT2D eigenvalue weighted by Gasteiger charge is 2.14. The number of hydrogen-bond donors (Lipinski definition) is 1.